The second-order valence-corrected chi connectivity index (χ2v) is 3.60. The van der Waals surface area contributed by atoms with Crippen molar-refractivity contribution in [2.24, 2.45) is 0 Å². The molecule has 0 aliphatic heterocycles. The fourth-order valence-corrected chi connectivity index (χ4v) is 1.60. The van der Waals surface area contributed by atoms with Crippen molar-refractivity contribution in [3.8, 4) is 17.2 Å². The summed E-state index contributed by atoms with van der Waals surface area (Å²) in [7, 11) is 0. The molecule has 0 atom stereocenters. The zero-order valence-corrected chi connectivity index (χ0v) is 8.56. The lowest BCUT2D eigenvalue weighted by Crippen LogP contribution is -2.01. The van der Waals surface area contributed by atoms with E-state index >= 15 is 0 Å². The third-order valence-electron chi connectivity index (χ3n) is 2.49. The molecule has 3 N–H and O–H groups in total. The Hall–Kier alpha value is -2.23. The number of hydrogen-bond acceptors (Lipinski definition) is 4. The van der Waals surface area contributed by atoms with Gasteiger partial charge in [-0.2, -0.15) is 0 Å². The molecule has 0 radical (unpaired) electrons. The van der Waals surface area contributed by atoms with Crippen LogP contribution < -0.4 is 5.43 Å². The van der Waals surface area contributed by atoms with Crippen molar-refractivity contribution in [1.29, 1.82) is 0 Å². The van der Waals surface area contributed by atoms with Gasteiger partial charge in [-0.05, 0) is 23.9 Å². The van der Waals surface area contributed by atoms with Gasteiger partial charge in [0.15, 0.2) is 16.9 Å². The maximum atomic E-state index is 11.9. The van der Waals surface area contributed by atoms with Crippen molar-refractivity contribution < 1.29 is 15.3 Å². The summed E-state index contributed by atoms with van der Waals surface area (Å²) >= 11 is 0. The van der Waals surface area contributed by atoms with Gasteiger partial charge in [0, 0.05) is 0 Å². The van der Waals surface area contributed by atoms with Gasteiger partial charge in [-0.15, -0.1) is 0 Å². The van der Waals surface area contributed by atoms with E-state index in [1.165, 1.54) is 6.07 Å². The average molecular weight is 218 g/mol. The molecule has 4 nitrogen and oxygen atoms in total. The van der Waals surface area contributed by atoms with Gasteiger partial charge in [0.25, 0.3) is 0 Å². The Kier molecular flexibility index (Phi) is 2.20. The third-order valence-corrected chi connectivity index (χ3v) is 2.49. The van der Waals surface area contributed by atoms with E-state index in [-0.39, 0.29) is 10.8 Å². The van der Waals surface area contributed by atoms with Gasteiger partial charge in [-0.1, -0.05) is 18.2 Å². The smallest absolute Gasteiger partial charge is 0.201 e. The minimum Gasteiger partial charge on any atom is -0.504 e. The lowest BCUT2D eigenvalue weighted by atomic mass is 10.1. The topological polar surface area (TPSA) is 77.8 Å². The van der Waals surface area contributed by atoms with Crippen LogP contribution in [0.25, 0.3) is 10.8 Å². The molecule has 0 saturated carbocycles. The maximum Gasteiger partial charge on any atom is 0.201 e. The predicted octanol–water partition coefficient (Wildman–Crippen LogP) is 1.63. The molecule has 2 aromatic rings. The van der Waals surface area contributed by atoms with E-state index in [2.05, 4.69) is 0 Å². The highest BCUT2D eigenvalue weighted by Gasteiger charge is 2.13. The first kappa shape index (κ1) is 10.3. The van der Waals surface area contributed by atoms with Crippen molar-refractivity contribution in [3.05, 3.63) is 40.1 Å². The van der Waals surface area contributed by atoms with Crippen LogP contribution in [-0.4, -0.2) is 15.3 Å². The van der Waals surface area contributed by atoms with Gasteiger partial charge in [0.2, 0.25) is 5.75 Å². The normalized spacial score (nSPS) is 10.6. The van der Waals surface area contributed by atoms with Gasteiger partial charge < -0.3 is 15.3 Å². The molecule has 0 aliphatic carbocycles. The number of phenolic OH excluding ortho intramolecular Hbond substituents is 3. The fraction of sp³-hybridized carbons (Fsp3) is 0.0833. The number of aromatic hydroxyl groups is 3. The maximum absolute atomic E-state index is 11.9. The Morgan fingerprint density at radius 1 is 1.06 bits per heavy atom. The average Bonchev–Trinajstić information content (AvgIpc) is 2.37. The van der Waals surface area contributed by atoms with E-state index in [1.807, 2.05) is 0 Å². The summed E-state index contributed by atoms with van der Waals surface area (Å²) in [6.07, 6.45) is 0. The summed E-state index contributed by atoms with van der Waals surface area (Å²) in [5.41, 5.74) is 0.0863. The third kappa shape index (κ3) is 1.35. The summed E-state index contributed by atoms with van der Waals surface area (Å²) in [4.78, 5) is 11.9. The fourth-order valence-electron chi connectivity index (χ4n) is 1.60. The highest BCUT2D eigenvalue weighted by Crippen LogP contribution is 2.39. The standard InChI is InChI=1S/C12H10O4/c1-6-3-2-4-7-5-8(13)11(15)12(16)9(7)10(6)14/h2-5,13,15-16H,1H3. The van der Waals surface area contributed by atoms with E-state index < -0.39 is 17.2 Å². The van der Waals surface area contributed by atoms with Crippen LogP contribution >= 0.6 is 0 Å². The molecule has 0 unspecified atom stereocenters. The Labute approximate surface area is 91.0 Å². The molecular formula is C12H10O4. The number of aryl methyl sites for hydroxylation is 1. The van der Waals surface area contributed by atoms with Crippen LogP contribution in [0.15, 0.2) is 29.1 Å². The largest absolute Gasteiger partial charge is 0.504 e. The molecule has 0 bridgehead atoms. The second kappa shape index (κ2) is 3.41. The molecule has 0 saturated heterocycles. The van der Waals surface area contributed by atoms with E-state index in [0.717, 1.165) is 0 Å². The van der Waals surface area contributed by atoms with Crippen molar-refractivity contribution in [2.75, 3.05) is 0 Å². The van der Waals surface area contributed by atoms with Crippen molar-refractivity contribution >= 4 is 10.8 Å². The predicted molar refractivity (Wildman–Crippen MR) is 59.9 cm³/mol. The van der Waals surface area contributed by atoms with Crippen LogP contribution in [0.1, 0.15) is 5.56 Å². The summed E-state index contributed by atoms with van der Waals surface area (Å²) in [6.45, 7) is 1.62. The lowest BCUT2D eigenvalue weighted by molar-refractivity contribution is 0.371. The number of benzene rings is 1. The Morgan fingerprint density at radius 3 is 2.44 bits per heavy atom. The summed E-state index contributed by atoms with van der Waals surface area (Å²) in [5.74, 6) is -1.71. The quantitative estimate of drug-likeness (QED) is 0.587. The van der Waals surface area contributed by atoms with Crippen LogP contribution in [0.2, 0.25) is 0 Å². The van der Waals surface area contributed by atoms with Gasteiger partial charge in [0.05, 0.1) is 5.39 Å². The first-order chi connectivity index (χ1) is 7.52. The lowest BCUT2D eigenvalue weighted by Gasteiger charge is -2.02. The van der Waals surface area contributed by atoms with Crippen LogP contribution in [-0.2, 0) is 0 Å². The van der Waals surface area contributed by atoms with E-state index in [1.54, 1.807) is 25.1 Å². The van der Waals surface area contributed by atoms with Gasteiger partial charge in [0.1, 0.15) is 0 Å². The molecule has 0 aliphatic rings. The number of hydrogen-bond donors (Lipinski definition) is 3. The molecule has 0 heterocycles. The molecule has 0 fully saturated rings. The Bertz CT molecular complexity index is 632. The van der Waals surface area contributed by atoms with E-state index in [0.29, 0.717) is 10.9 Å². The van der Waals surface area contributed by atoms with Crippen LogP contribution in [0.3, 0.4) is 0 Å². The van der Waals surface area contributed by atoms with Crippen LogP contribution in [0.4, 0.5) is 0 Å². The molecule has 16 heavy (non-hydrogen) atoms. The van der Waals surface area contributed by atoms with Crippen molar-refractivity contribution in [1.82, 2.24) is 0 Å². The van der Waals surface area contributed by atoms with Crippen LogP contribution in [0.5, 0.6) is 17.2 Å². The number of rotatable bonds is 0. The zero-order valence-electron chi connectivity index (χ0n) is 8.56. The summed E-state index contributed by atoms with van der Waals surface area (Å²) < 4.78 is 0. The van der Waals surface area contributed by atoms with E-state index in [4.69, 9.17) is 0 Å². The molecule has 0 amide bonds. The van der Waals surface area contributed by atoms with Gasteiger partial charge >= 0.3 is 0 Å². The summed E-state index contributed by atoms with van der Waals surface area (Å²) in [5, 5.41) is 28.7. The Morgan fingerprint density at radius 2 is 1.75 bits per heavy atom. The first-order valence-corrected chi connectivity index (χ1v) is 4.70. The van der Waals surface area contributed by atoms with Crippen molar-refractivity contribution in [2.45, 2.75) is 6.92 Å². The monoisotopic (exact) mass is 218 g/mol. The summed E-state index contributed by atoms with van der Waals surface area (Å²) in [6, 6.07) is 6.08. The SMILES string of the molecule is Cc1cccc2cc(O)c(O)c(O)c2c1=O. The second-order valence-electron chi connectivity index (χ2n) is 3.60. The minimum absolute atomic E-state index is 0.0119. The molecular weight excluding hydrogens is 208 g/mol. The molecule has 4 heteroatoms. The molecule has 82 valence electrons. The van der Waals surface area contributed by atoms with Gasteiger partial charge in [-0.25, -0.2) is 0 Å². The molecule has 2 aromatic carbocycles. The zero-order chi connectivity index (χ0) is 11.9. The minimum atomic E-state index is -0.671. The first-order valence-electron chi connectivity index (χ1n) is 4.70. The van der Waals surface area contributed by atoms with Gasteiger partial charge in [-0.3, -0.25) is 4.79 Å². The van der Waals surface area contributed by atoms with Crippen molar-refractivity contribution in [3.63, 3.8) is 0 Å². The Balaban J connectivity index is 3.14. The highest BCUT2D eigenvalue weighted by molar-refractivity contribution is 5.92. The van der Waals surface area contributed by atoms with E-state index in [9.17, 15) is 20.1 Å². The highest BCUT2D eigenvalue weighted by atomic mass is 16.3. The number of fused-ring (bicyclic) bond motifs is 1. The van der Waals surface area contributed by atoms with Crippen LogP contribution in [0, 0.1) is 6.92 Å². The molecule has 0 spiro atoms. The molecule has 2 rings (SSSR count). The molecule has 0 aromatic heterocycles. The number of phenols is 3.